The summed E-state index contributed by atoms with van der Waals surface area (Å²) < 4.78 is 0. The molecule has 1 saturated carbocycles. The highest BCUT2D eigenvalue weighted by Crippen LogP contribution is 2.17. The minimum Gasteiger partial charge on any atom is -0.341 e. The van der Waals surface area contributed by atoms with Crippen LogP contribution in [0.1, 0.15) is 58.8 Å². The SMILES string of the molecule is CCCCN(CCNC(=O)NC1CCCCC1)C(C)=O. The molecule has 1 rings (SSSR count). The fourth-order valence-electron chi connectivity index (χ4n) is 2.56. The van der Waals surface area contributed by atoms with Crippen molar-refractivity contribution in [2.45, 2.75) is 64.8 Å². The average Bonchev–Trinajstić information content (AvgIpc) is 2.43. The van der Waals surface area contributed by atoms with Crippen LogP contribution >= 0.6 is 0 Å². The first-order valence-corrected chi connectivity index (χ1v) is 7.93. The Morgan fingerprint density at radius 1 is 1.15 bits per heavy atom. The number of nitrogens with zero attached hydrogens (tertiary/aromatic N) is 1. The summed E-state index contributed by atoms with van der Waals surface area (Å²) >= 11 is 0. The first-order valence-electron chi connectivity index (χ1n) is 7.93. The van der Waals surface area contributed by atoms with Crippen LogP contribution in [0, 0.1) is 0 Å². The molecule has 0 aromatic rings. The molecule has 1 aliphatic rings. The molecule has 0 bridgehead atoms. The second kappa shape index (κ2) is 9.61. The minimum atomic E-state index is -0.101. The van der Waals surface area contributed by atoms with Crippen molar-refractivity contribution >= 4 is 11.9 Å². The molecule has 5 nitrogen and oxygen atoms in total. The van der Waals surface area contributed by atoms with Gasteiger partial charge in [0, 0.05) is 32.6 Å². The van der Waals surface area contributed by atoms with Crippen molar-refractivity contribution in [3.05, 3.63) is 0 Å². The Morgan fingerprint density at radius 3 is 2.45 bits per heavy atom. The summed E-state index contributed by atoms with van der Waals surface area (Å²) in [6, 6.07) is 0.226. The predicted octanol–water partition coefficient (Wildman–Crippen LogP) is 2.27. The summed E-state index contributed by atoms with van der Waals surface area (Å²) in [6.07, 6.45) is 7.95. The Bertz CT molecular complexity index is 301. The van der Waals surface area contributed by atoms with Gasteiger partial charge < -0.3 is 15.5 Å². The number of carbonyl (C=O) groups is 2. The van der Waals surface area contributed by atoms with Gasteiger partial charge in [0.15, 0.2) is 0 Å². The van der Waals surface area contributed by atoms with Gasteiger partial charge in [-0.1, -0.05) is 32.6 Å². The van der Waals surface area contributed by atoms with E-state index in [1.807, 2.05) is 0 Å². The zero-order valence-corrected chi connectivity index (χ0v) is 12.9. The largest absolute Gasteiger partial charge is 0.341 e. The molecule has 0 atom stereocenters. The third-order valence-electron chi connectivity index (χ3n) is 3.83. The third kappa shape index (κ3) is 6.78. The molecule has 1 fully saturated rings. The molecule has 3 amide bonds. The number of hydrogen-bond donors (Lipinski definition) is 2. The lowest BCUT2D eigenvalue weighted by Crippen LogP contribution is -2.45. The highest BCUT2D eigenvalue weighted by Gasteiger charge is 2.15. The van der Waals surface area contributed by atoms with Crippen molar-refractivity contribution in [3.8, 4) is 0 Å². The maximum Gasteiger partial charge on any atom is 0.315 e. The smallest absolute Gasteiger partial charge is 0.315 e. The van der Waals surface area contributed by atoms with Crippen LogP contribution in [0.2, 0.25) is 0 Å². The number of nitrogens with one attached hydrogen (secondary N) is 2. The number of rotatable bonds is 7. The van der Waals surface area contributed by atoms with Crippen LogP contribution in [0.3, 0.4) is 0 Å². The van der Waals surface area contributed by atoms with E-state index in [2.05, 4.69) is 17.6 Å². The number of hydrogen-bond acceptors (Lipinski definition) is 2. The Kier molecular flexibility index (Phi) is 8.07. The lowest BCUT2D eigenvalue weighted by molar-refractivity contribution is -0.128. The Balaban J connectivity index is 2.17. The molecular weight excluding hydrogens is 254 g/mol. The predicted molar refractivity (Wildman–Crippen MR) is 80.6 cm³/mol. The van der Waals surface area contributed by atoms with Crippen molar-refractivity contribution in [1.82, 2.24) is 15.5 Å². The van der Waals surface area contributed by atoms with E-state index < -0.39 is 0 Å². The molecule has 0 heterocycles. The van der Waals surface area contributed by atoms with Gasteiger partial charge >= 0.3 is 6.03 Å². The van der Waals surface area contributed by atoms with Crippen LogP contribution in [-0.2, 0) is 4.79 Å². The van der Waals surface area contributed by atoms with Gasteiger partial charge in [-0.15, -0.1) is 0 Å². The van der Waals surface area contributed by atoms with Crippen molar-refractivity contribution in [3.63, 3.8) is 0 Å². The van der Waals surface area contributed by atoms with Crippen LogP contribution in [0.15, 0.2) is 0 Å². The normalized spacial score (nSPS) is 15.7. The maximum absolute atomic E-state index is 11.8. The lowest BCUT2D eigenvalue weighted by Gasteiger charge is -2.24. The first kappa shape index (κ1) is 16.8. The van der Waals surface area contributed by atoms with E-state index in [4.69, 9.17) is 0 Å². The molecule has 0 aliphatic heterocycles. The van der Waals surface area contributed by atoms with Gasteiger partial charge in [-0.25, -0.2) is 4.79 Å². The molecule has 20 heavy (non-hydrogen) atoms. The van der Waals surface area contributed by atoms with E-state index in [0.717, 1.165) is 32.2 Å². The molecule has 0 aromatic carbocycles. The van der Waals surface area contributed by atoms with Crippen molar-refractivity contribution < 1.29 is 9.59 Å². The molecule has 0 saturated heterocycles. The van der Waals surface area contributed by atoms with E-state index in [0.29, 0.717) is 19.1 Å². The van der Waals surface area contributed by atoms with Gasteiger partial charge in [-0.3, -0.25) is 4.79 Å². The van der Waals surface area contributed by atoms with Crippen LogP contribution in [-0.4, -0.2) is 42.5 Å². The van der Waals surface area contributed by atoms with Gasteiger partial charge in [-0.05, 0) is 19.3 Å². The minimum absolute atomic E-state index is 0.0768. The van der Waals surface area contributed by atoms with Gasteiger partial charge in [0.25, 0.3) is 0 Å². The second-order valence-corrected chi connectivity index (χ2v) is 5.59. The molecule has 0 radical (unpaired) electrons. The number of unbranched alkanes of at least 4 members (excludes halogenated alkanes) is 1. The summed E-state index contributed by atoms with van der Waals surface area (Å²) in [5.41, 5.74) is 0. The fourth-order valence-corrected chi connectivity index (χ4v) is 2.56. The van der Waals surface area contributed by atoms with Crippen LogP contribution in [0.4, 0.5) is 4.79 Å². The number of amides is 3. The molecule has 2 N–H and O–H groups in total. The fraction of sp³-hybridized carbons (Fsp3) is 0.867. The third-order valence-corrected chi connectivity index (χ3v) is 3.83. The van der Waals surface area contributed by atoms with E-state index in [1.54, 1.807) is 11.8 Å². The van der Waals surface area contributed by atoms with E-state index >= 15 is 0 Å². The molecule has 1 aliphatic carbocycles. The molecule has 116 valence electrons. The van der Waals surface area contributed by atoms with Crippen molar-refractivity contribution in [1.29, 1.82) is 0 Å². The van der Waals surface area contributed by atoms with E-state index in [9.17, 15) is 9.59 Å². The quantitative estimate of drug-likeness (QED) is 0.753. The summed E-state index contributed by atoms with van der Waals surface area (Å²) in [4.78, 5) is 25.0. The zero-order valence-electron chi connectivity index (χ0n) is 12.9. The van der Waals surface area contributed by atoms with Crippen molar-refractivity contribution in [2.24, 2.45) is 0 Å². The van der Waals surface area contributed by atoms with Crippen LogP contribution in [0.5, 0.6) is 0 Å². The topological polar surface area (TPSA) is 61.4 Å². The number of urea groups is 1. The number of carbonyl (C=O) groups excluding carboxylic acids is 2. The molecule has 0 spiro atoms. The summed E-state index contributed by atoms with van der Waals surface area (Å²) in [7, 11) is 0. The highest BCUT2D eigenvalue weighted by atomic mass is 16.2. The van der Waals surface area contributed by atoms with Gasteiger partial charge in [0.1, 0.15) is 0 Å². The Morgan fingerprint density at radius 2 is 1.85 bits per heavy atom. The van der Waals surface area contributed by atoms with Crippen LogP contribution < -0.4 is 10.6 Å². The summed E-state index contributed by atoms with van der Waals surface area (Å²) in [5, 5.41) is 5.86. The van der Waals surface area contributed by atoms with E-state index in [1.165, 1.54) is 19.3 Å². The molecule has 0 aromatic heterocycles. The van der Waals surface area contributed by atoms with Gasteiger partial charge in [0.2, 0.25) is 5.91 Å². The highest BCUT2D eigenvalue weighted by molar-refractivity contribution is 5.75. The standard InChI is InChI=1S/C15H29N3O2/c1-3-4-11-18(13(2)19)12-10-16-15(20)17-14-8-6-5-7-9-14/h14H,3-12H2,1-2H3,(H2,16,17,20). The summed E-state index contributed by atoms with van der Waals surface area (Å²) in [6.45, 7) is 5.57. The Hall–Kier alpha value is -1.26. The van der Waals surface area contributed by atoms with Gasteiger partial charge in [-0.2, -0.15) is 0 Å². The average molecular weight is 283 g/mol. The lowest BCUT2D eigenvalue weighted by atomic mass is 9.96. The molecular formula is C15H29N3O2. The van der Waals surface area contributed by atoms with Crippen LogP contribution in [0.25, 0.3) is 0 Å². The second-order valence-electron chi connectivity index (χ2n) is 5.59. The molecule has 5 heteroatoms. The monoisotopic (exact) mass is 283 g/mol. The zero-order chi connectivity index (χ0) is 14.8. The van der Waals surface area contributed by atoms with Gasteiger partial charge in [0.05, 0.1) is 0 Å². The maximum atomic E-state index is 11.8. The van der Waals surface area contributed by atoms with E-state index in [-0.39, 0.29) is 11.9 Å². The van der Waals surface area contributed by atoms with Crippen molar-refractivity contribution in [2.75, 3.05) is 19.6 Å². The summed E-state index contributed by atoms with van der Waals surface area (Å²) in [5.74, 6) is 0.0768. The first-order chi connectivity index (χ1) is 9.63. The Labute approximate surface area is 122 Å². The molecule has 0 unspecified atom stereocenters.